The van der Waals surface area contributed by atoms with Gasteiger partial charge in [0, 0.05) is 39.1 Å². The van der Waals surface area contributed by atoms with Gasteiger partial charge in [0.1, 0.15) is 0 Å². The number of aryl methyl sites for hydroxylation is 1. The Morgan fingerprint density at radius 2 is 1.93 bits per heavy atom. The highest BCUT2D eigenvalue weighted by atomic mass is 127. The van der Waals surface area contributed by atoms with Gasteiger partial charge < -0.3 is 10.2 Å². The molecule has 0 unspecified atom stereocenters. The molecule has 0 aliphatic carbocycles. The van der Waals surface area contributed by atoms with Crippen LogP contribution in [0.5, 0.6) is 0 Å². The first-order valence-corrected chi connectivity index (χ1v) is 11.6. The Morgan fingerprint density at radius 3 is 2.48 bits per heavy atom. The minimum absolute atomic E-state index is 0. The monoisotopic (exact) mass is 549 g/mol. The lowest BCUT2D eigenvalue weighted by atomic mass is 10.2. The summed E-state index contributed by atoms with van der Waals surface area (Å²) >= 11 is 1.64. The molecule has 1 saturated heterocycles. The molecule has 2 aromatic rings. The van der Waals surface area contributed by atoms with Gasteiger partial charge in [-0.15, -0.1) is 35.3 Å². The summed E-state index contributed by atoms with van der Waals surface area (Å²) in [5.41, 5.74) is 2.02. The van der Waals surface area contributed by atoms with Crippen molar-refractivity contribution in [3.63, 3.8) is 0 Å². The van der Waals surface area contributed by atoms with Crippen molar-refractivity contribution in [1.82, 2.24) is 19.5 Å². The van der Waals surface area contributed by atoms with Crippen LogP contribution in [0.25, 0.3) is 0 Å². The average Bonchev–Trinajstić information content (AvgIpc) is 3.35. The number of halogens is 1. The van der Waals surface area contributed by atoms with Crippen LogP contribution in [0.3, 0.4) is 0 Å². The van der Waals surface area contributed by atoms with Crippen molar-refractivity contribution >= 4 is 51.3 Å². The molecule has 2 heterocycles. The second-order valence-electron chi connectivity index (χ2n) is 6.87. The number of benzene rings is 1. The number of rotatable bonds is 6. The highest BCUT2D eigenvalue weighted by molar-refractivity contribution is 14.0. The number of nitrogens with one attached hydrogen (secondary N) is 1. The average molecular weight is 550 g/mol. The Bertz CT molecular complexity index is 922. The largest absolute Gasteiger partial charge is 0.352 e. The van der Waals surface area contributed by atoms with Crippen LogP contribution in [-0.2, 0) is 23.1 Å². The number of aliphatic imine (C=N–C) groups is 1. The van der Waals surface area contributed by atoms with Crippen LogP contribution >= 0.6 is 35.3 Å². The fraction of sp³-hybridized carbons (Fsp3) is 0.474. The Labute approximate surface area is 194 Å². The maximum Gasteiger partial charge on any atom is 0.243 e. The summed E-state index contributed by atoms with van der Waals surface area (Å²) in [6, 6.07) is 7.09. The van der Waals surface area contributed by atoms with Crippen molar-refractivity contribution in [3.05, 3.63) is 45.9 Å². The molecule has 1 aliphatic heterocycles. The van der Waals surface area contributed by atoms with E-state index in [0.717, 1.165) is 35.1 Å². The van der Waals surface area contributed by atoms with Crippen molar-refractivity contribution in [2.45, 2.75) is 37.8 Å². The number of hydrogen-bond donors (Lipinski definition) is 1. The van der Waals surface area contributed by atoms with Crippen molar-refractivity contribution in [2.24, 2.45) is 4.99 Å². The predicted molar refractivity (Wildman–Crippen MR) is 128 cm³/mol. The lowest BCUT2D eigenvalue weighted by Crippen LogP contribution is -2.38. The van der Waals surface area contributed by atoms with Crippen LogP contribution in [0.15, 0.2) is 39.5 Å². The fourth-order valence-corrected chi connectivity index (χ4v) is 5.34. The van der Waals surface area contributed by atoms with Crippen molar-refractivity contribution in [2.75, 3.05) is 27.2 Å². The smallest absolute Gasteiger partial charge is 0.243 e. The molecule has 29 heavy (non-hydrogen) atoms. The SMILES string of the molecule is CN=C(NCc1ccc(S(=O)(=O)N2CCCC2)cc1)N(C)Cc1csc(C)n1.I. The minimum Gasteiger partial charge on any atom is -0.352 e. The summed E-state index contributed by atoms with van der Waals surface area (Å²) in [6.07, 6.45) is 1.88. The van der Waals surface area contributed by atoms with E-state index in [9.17, 15) is 8.42 Å². The first-order chi connectivity index (χ1) is 13.4. The van der Waals surface area contributed by atoms with Crippen LogP contribution in [0.2, 0.25) is 0 Å². The fourth-order valence-electron chi connectivity index (χ4n) is 3.22. The first kappa shape index (κ1) is 24.0. The van der Waals surface area contributed by atoms with E-state index in [2.05, 4.69) is 20.7 Å². The molecule has 0 radical (unpaired) electrons. The maximum absolute atomic E-state index is 12.6. The van der Waals surface area contributed by atoms with E-state index >= 15 is 0 Å². The molecule has 3 rings (SSSR count). The van der Waals surface area contributed by atoms with E-state index in [4.69, 9.17) is 0 Å². The second kappa shape index (κ2) is 10.7. The number of aromatic nitrogens is 1. The molecule has 1 aliphatic rings. The lowest BCUT2D eigenvalue weighted by Gasteiger charge is -2.21. The van der Waals surface area contributed by atoms with Gasteiger partial charge in [-0.1, -0.05) is 12.1 Å². The van der Waals surface area contributed by atoms with Gasteiger partial charge in [0.15, 0.2) is 5.96 Å². The van der Waals surface area contributed by atoms with Crippen molar-refractivity contribution in [1.29, 1.82) is 0 Å². The van der Waals surface area contributed by atoms with Gasteiger partial charge in [-0.3, -0.25) is 4.99 Å². The van der Waals surface area contributed by atoms with E-state index in [-0.39, 0.29) is 24.0 Å². The van der Waals surface area contributed by atoms with Crippen molar-refractivity contribution < 1.29 is 8.42 Å². The standard InChI is InChI=1S/C19H27N5O2S2.HI/c1-15-22-17(14-27-15)13-23(3)19(20-2)21-12-16-6-8-18(9-7-16)28(25,26)24-10-4-5-11-24;/h6-9,14H,4-5,10-13H2,1-3H3,(H,20,21);1H. The Balaban J connectivity index is 0.00000300. The third kappa shape index (κ3) is 6.12. The van der Waals surface area contributed by atoms with Gasteiger partial charge in [-0.2, -0.15) is 4.31 Å². The molecule has 0 atom stereocenters. The molecular formula is C19H28IN5O2S2. The molecule has 0 amide bonds. The third-order valence-corrected chi connectivity index (χ3v) is 7.45. The first-order valence-electron chi connectivity index (χ1n) is 9.32. The molecule has 10 heteroatoms. The number of nitrogens with zero attached hydrogens (tertiary/aromatic N) is 4. The van der Waals surface area contributed by atoms with Crippen LogP contribution in [0.1, 0.15) is 29.1 Å². The predicted octanol–water partition coefficient (Wildman–Crippen LogP) is 3.06. The van der Waals surface area contributed by atoms with Gasteiger partial charge in [0.05, 0.1) is 22.1 Å². The molecule has 1 N–H and O–H groups in total. The van der Waals surface area contributed by atoms with Gasteiger partial charge in [-0.05, 0) is 37.5 Å². The van der Waals surface area contributed by atoms with Gasteiger partial charge >= 0.3 is 0 Å². The van der Waals surface area contributed by atoms with E-state index in [0.29, 0.717) is 31.1 Å². The van der Waals surface area contributed by atoms with E-state index in [1.165, 1.54) is 0 Å². The third-order valence-electron chi connectivity index (χ3n) is 4.72. The molecule has 1 aromatic carbocycles. The van der Waals surface area contributed by atoms with Gasteiger partial charge in [-0.25, -0.2) is 13.4 Å². The highest BCUT2D eigenvalue weighted by Crippen LogP contribution is 2.21. The van der Waals surface area contributed by atoms with Gasteiger partial charge in [0.2, 0.25) is 10.0 Å². The Kier molecular flexibility index (Phi) is 8.86. The molecule has 0 saturated carbocycles. The topological polar surface area (TPSA) is 77.9 Å². The Hall–Kier alpha value is -1.24. The van der Waals surface area contributed by atoms with Crippen molar-refractivity contribution in [3.8, 4) is 0 Å². The molecule has 0 spiro atoms. The minimum atomic E-state index is -3.36. The van der Waals surface area contributed by atoms with Gasteiger partial charge in [0.25, 0.3) is 0 Å². The summed E-state index contributed by atoms with van der Waals surface area (Å²) in [5.74, 6) is 0.763. The number of sulfonamides is 1. The summed E-state index contributed by atoms with van der Waals surface area (Å²) < 4.78 is 26.8. The molecule has 7 nitrogen and oxygen atoms in total. The zero-order valence-electron chi connectivity index (χ0n) is 17.0. The molecule has 1 fully saturated rings. The van der Waals surface area contributed by atoms with E-state index in [1.54, 1.807) is 34.8 Å². The summed E-state index contributed by atoms with van der Waals surface area (Å²) in [5, 5.41) is 6.42. The Morgan fingerprint density at radius 1 is 1.28 bits per heavy atom. The number of guanidine groups is 1. The highest BCUT2D eigenvalue weighted by Gasteiger charge is 2.26. The zero-order chi connectivity index (χ0) is 20.1. The van der Waals surface area contributed by atoms with Crippen LogP contribution in [-0.4, -0.2) is 55.8 Å². The lowest BCUT2D eigenvalue weighted by molar-refractivity contribution is 0.470. The summed E-state index contributed by atoms with van der Waals surface area (Å²) in [7, 11) is 0.352. The quantitative estimate of drug-likeness (QED) is 0.341. The normalized spacial score (nSPS) is 15.2. The molecule has 0 bridgehead atoms. The number of hydrogen-bond acceptors (Lipinski definition) is 5. The maximum atomic E-state index is 12.6. The van der Waals surface area contributed by atoms with E-state index in [1.807, 2.05) is 31.0 Å². The zero-order valence-corrected chi connectivity index (χ0v) is 20.9. The second-order valence-corrected chi connectivity index (χ2v) is 9.87. The summed E-state index contributed by atoms with van der Waals surface area (Å²) in [6.45, 7) is 4.47. The van der Waals surface area contributed by atoms with Crippen LogP contribution in [0.4, 0.5) is 0 Å². The summed E-state index contributed by atoms with van der Waals surface area (Å²) in [4.78, 5) is 11.2. The number of thiazole rings is 1. The molecule has 160 valence electrons. The molecule has 1 aromatic heterocycles. The van der Waals surface area contributed by atoms with Crippen LogP contribution in [0, 0.1) is 6.92 Å². The van der Waals surface area contributed by atoms with Crippen LogP contribution < -0.4 is 5.32 Å². The van der Waals surface area contributed by atoms with E-state index < -0.39 is 10.0 Å². The molecular weight excluding hydrogens is 521 g/mol.